The highest BCUT2D eigenvalue weighted by molar-refractivity contribution is 5.99. The molecule has 1 amide bonds. The highest BCUT2D eigenvalue weighted by Crippen LogP contribution is 2.37. The molecule has 2 atom stereocenters. The van der Waals surface area contributed by atoms with E-state index in [2.05, 4.69) is 20.8 Å². The van der Waals surface area contributed by atoms with Crippen LogP contribution in [0.2, 0.25) is 0 Å². The molecule has 2 N–H and O–H groups in total. The summed E-state index contributed by atoms with van der Waals surface area (Å²) in [5, 5.41) is 0. The molecule has 1 fully saturated rings. The first kappa shape index (κ1) is 25.0. The van der Waals surface area contributed by atoms with Gasteiger partial charge in [-0.1, -0.05) is 20.8 Å². The number of Topliss-reactive ketones (excluding diaryl/α,β-unsaturated/α-hetero) is 1. The number of rotatable bonds is 5. The Morgan fingerprint density at radius 2 is 1.84 bits per heavy atom. The Morgan fingerprint density at radius 1 is 1.19 bits per heavy atom. The third-order valence-corrected chi connectivity index (χ3v) is 5.74. The van der Waals surface area contributed by atoms with E-state index in [1.807, 2.05) is 25.7 Å². The number of anilines is 1. The Hall–Kier alpha value is -2.31. The molecule has 31 heavy (non-hydrogen) atoms. The highest BCUT2D eigenvalue weighted by atomic mass is 19.1. The van der Waals surface area contributed by atoms with Crippen LogP contribution < -0.4 is 10.5 Å². The summed E-state index contributed by atoms with van der Waals surface area (Å²) in [6.45, 7) is 12.5. The number of nitrogen functional groups attached to an aromatic ring is 1. The third kappa shape index (κ3) is 6.58. The minimum absolute atomic E-state index is 0.0136. The summed E-state index contributed by atoms with van der Waals surface area (Å²) in [6.07, 6.45) is 2.26. The van der Waals surface area contributed by atoms with Crippen LogP contribution in [-0.2, 0) is 4.74 Å². The average molecular weight is 437 g/mol. The molecule has 1 saturated heterocycles. The molecule has 1 aromatic rings. The van der Waals surface area contributed by atoms with Gasteiger partial charge in [-0.15, -0.1) is 0 Å². The molecule has 174 valence electrons. The van der Waals surface area contributed by atoms with Gasteiger partial charge in [0.15, 0.2) is 5.78 Å². The topological polar surface area (TPSA) is 81.9 Å². The molecule has 7 heteroatoms. The second-order valence-corrected chi connectivity index (χ2v) is 10.5. The van der Waals surface area contributed by atoms with Crippen molar-refractivity contribution in [2.45, 2.75) is 78.9 Å². The fraction of sp³-hybridized carbons (Fsp3) is 0.667. The smallest absolute Gasteiger partial charge is 0.410 e. The molecule has 0 aliphatic carbocycles. The fourth-order valence-corrected chi connectivity index (χ4v) is 4.09. The number of piperidine rings is 1. The van der Waals surface area contributed by atoms with E-state index in [9.17, 15) is 14.0 Å². The summed E-state index contributed by atoms with van der Waals surface area (Å²) < 4.78 is 24.7. The average Bonchev–Trinajstić information content (AvgIpc) is 2.65. The van der Waals surface area contributed by atoms with E-state index in [1.165, 1.54) is 13.2 Å². The second kappa shape index (κ2) is 9.45. The highest BCUT2D eigenvalue weighted by Gasteiger charge is 2.40. The summed E-state index contributed by atoms with van der Waals surface area (Å²) in [7, 11) is 1.43. The minimum Gasteiger partial charge on any atom is -0.496 e. The number of hydrogen-bond acceptors (Lipinski definition) is 5. The number of ketones is 1. The molecule has 1 aliphatic heterocycles. The van der Waals surface area contributed by atoms with E-state index >= 15 is 0 Å². The van der Waals surface area contributed by atoms with Crippen LogP contribution in [0.15, 0.2) is 12.1 Å². The second-order valence-electron chi connectivity index (χ2n) is 10.5. The van der Waals surface area contributed by atoms with Crippen molar-refractivity contribution in [3.05, 3.63) is 23.5 Å². The van der Waals surface area contributed by atoms with Crippen LogP contribution in [-0.4, -0.2) is 42.1 Å². The predicted molar refractivity (Wildman–Crippen MR) is 120 cm³/mol. The van der Waals surface area contributed by atoms with Gasteiger partial charge in [0.25, 0.3) is 0 Å². The molecule has 1 aromatic carbocycles. The van der Waals surface area contributed by atoms with Crippen molar-refractivity contribution < 1.29 is 23.5 Å². The van der Waals surface area contributed by atoms with Gasteiger partial charge in [0.2, 0.25) is 0 Å². The van der Waals surface area contributed by atoms with E-state index < -0.39 is 11.4 Å². The number of carbonyl (C=O) groups excluding carboxylic acids is 2. The van der Waals surface area contributed by atoms with E-state index in [1.54, 1.807) is 0 Å². The van der Waals surface area contributed by atoms with Crippen LogP contribution in [0.4, 0.5) is 14.9 Å². The largest absolute Gasteiger partial charge is 0.496 e. The number of methoxy groups -OCH3 is 1. The van der Waals surface area contributed by atoms with Crippen LogP contribution in [0.5, 0.6) is 5.75 Å². The number of nitrogens with zero attached hydrogens (tertiary/aromatic N) is 1. The zero-order valence-corrected chi connectivity index (χ0v) is 19.9. The number of hydrogen-bond donors (Lipinski definition) is 1. The molecule has 1 heterocycles. The van der Waals surface area contributed by atoms with Crippen molar-refractivity contribution >= 4 is 17.6 Å². The number of carbonyl (C=O) groups is 2. The SMILES string of the molecule is COc1cc(N)c(F)cc1C(=O)CCC1CCN(C(=O)OC(C)(C)C)C(C(C)(C)C)C1. The number of benzene rings is 1. The van der Waals surface area contributed by atoms with Gasteiger partial charge >= 0.3 is 6.09 Å². The molecule has 2 rings (SSSR count). The molecular formula is C24H37FN2O4. The van der Waals surface area contributed by atoms with E-state index in [0.717, 1.165) is 18.9 Å². The maximum absolute atomic E-state index is 13.9. The molecule has 1 aliphatic rings. The first-order valence-corrected chi connectivity index (χ1v) is 10.9. The van der Waals surface area contributed by atoms with Gasteiger partial charge in [0.05, 0.1) is 18.4 Å². The number of nitrogens with two attached hydrogens (primary N) is 1. The zero-order chi connectivity index (χ0) is 23.6. The van der Waals surface area contributed by atoms with Gasteiger partial charge in [-0.2, -0.15) is 0 Å². The maximum Gasteiger partial charge on any atom is 0.410 e. The summed E-state index contributed by atoms with van der Waals surface area (Å²) >= 11 is 0. The summed E-state index contributed by atoms with van der Waals surface area (Å²) in [6, 6.07) is 2.51. The van der Waals surface area contributed by atoms with Gasteiger partial charge < -0.3 is 20.1 Å². The van der Waals surface area contributed by atoms with E-state index in [-0.39, 0.29) is 52.7 Å². The molecule has 2 unspecified atom stereocenters. The van der Waals surface area contributed by atoms with Crippen LogP contribution >= 0.6 is 0 Å². The van der Waals surface area contributed by atoms with Crippen molar-refractivity contribution in [3.8, 4) is 5.75 Å². The van der Waals surface area contributed by atoms with Gasteiger partial charge in [0.1, 0.15) is 17.2 Å². The van der Waals surface area contributed by atoms with Gasteiger partial charge in [-0.05, 0) is 57.4 Å². The van der Waals surface area contributed by atoms with Gasteiger partial charge in [-0.25, -0.2) is 9.18 Å². The summed E-state index contributed by atoms with van der Waals surface area (Å²) in [4.78, 5) is 27.4. The van der Waals surface area contributed by atoms with Crippen molar-refractivity contribution in [3.63, 3.8) is 0 Å². The monoisotopic (exact) mass is 436 g/mol. The van der Waals surface area contributed by atoms with Crippen LogP contribution in [0.3, 0.4) is 0 Å². The molecule has 0 radical (unpaired) electrons. The lowest BCUT2D eigenvalue weighted by atomic mass is 9.75. The standard InChI is InChI=1S/C24H37FN2O4/c1-23(2,3)21-12-15(10-11-27(21)22(29)31-24(4,5)6)8-9-19(28)16-13-17(25)18(26)14-20(16)30-7/h13-15,21H,8-12,26H2,1-7H3. The molecule has 0 aromatic heterocycles. The van der Waals surface area contributed by atoms with Crippen LogP contribution in [0.1, 0.15) is 77.6 Å². The summed E-state index contributed by atoms with van der Waals surface area (Å²) in [5.41, 5.74) is 5.08. The Balaban J connectivity index is 2.07. The zero-order valence-electron chi connectivity index (χ0n) is 19.9. The number of halogens is 1. The van der Waals surface area contributed by atoms with E-state index in [0.29, 0.717) is 13.0 Å². The Labute approximate surface area is 185 Å². The van der Waals surface area contributed by atoms with Gasteiger partial charge in [-0.3, -0.25) is 4.79 Å². The maximum atomic E-state index is 13.9. The lowest BCUT2D eigenvalue weighted by molar-refractivity contribution is -0.0159. The molecule has 0 bridgehead atoms. The molecule has 6 nitrogen and oxygen atoms in total. The first-order chi connectivity index (χ1) is 14.2. The molecular weight excluding hydrogens is 399 g/mol. The quantitative estimate of drug-likeness (QED) is 0.491. The first-order valence-electron chi connectivity index (χ1n) is 10.9. The van der Waals surface area contributed by atoms with Crippen molar-refractivity contribution in [1.82, 2.24) is 4.90 Å². The fourth-order valence-electron chi connectivity index (χ4n) is 4.09. The van der Waals surface area contributed by atoms with Crippen molar-refractivity contribution in [1.29, 1.82) is 0 Å². The molecule has 0 spiro atoms. The van der Waals surface area contributed by atoms with Crippen LogP contribution in [0.25, 0.3) is 0 Å². The molecule has 0 saturated carbocycles. The number of ether oxygens (including phenoxy) is 2. The van der Waals surface area contributed by atoms with Crippen molar-refractivity contribution in [2.24, 2.45) is 11.3 Å². The summed E-state index contributed by atoms with van der Waals surface area (Å²) in [5.74, 6) is -0.215. The van der Waals surface area contributed by atoms with Crippen molar-refractivity contribution in [2.75, 3.05) is 19.4 Å². The van der Waals surface area contributed by atoms with E-state index in [4.69, 9.17) is 15.2 Å². The lowest BCUT2D eigenvalue weighted by Crippen LogP contribution is -2.53. The minimum atomic E-state index is -0.623. The Bertz CT molecular complexity index is 811. The Morgan fingerprint density at radius 3 is 2.39 bits per heavy atom. The van der Waals surface area contributed by atoms with Gasteiger partial charge in [0, 0.05) is 25.1 Å². The lowest BCUT2D eigenvalue weighted by Gasteiger charge is -2.46. The third-order valence-electron chi connectivity index (χ3n) is 5.74. The predicted octanol–water partition coefficient (Wildman–Crippen LogP) is 5.44. The number of likely N-dealkylation sites (tertiary alicyclic amines) is 1. The van der Waals surface area contributed by atoms with Crippen LogP contribution in [0, 0.1) is 17.2 Å². The Kier molecular flexibility index (Phi) is 7.61. The number of amides is 1. The normalized spacial score (nSPS) is 19.8.